The van der Waals surface area contributed by atoms with Gasteiger partial charge in [0.1, 0.15) is 0 Å². The van der Waals surface area contributed by atoms with Crippen LogP contribution in [0.2, 0.25) is 0 Å². The molecule has 17 heavy (non-hydrogen) atoms. The molecule has 0 bridgehead atoms. The number of anilines is 1. The van der Waals surface area contributed by atoms with Crippen LogP contribution in [0.5, 0.6) is 5.88 Å². The Labute approximate surface area is 102 Å². The fourth-order valence-corrected chi connectivity index (χ4v) is 2.23. The Balaban J connectivity index is 1.88. The number of ether oxygens (including phenoxy) is 1. The van der Waals surface area contributed by atoms with Gasteiger partial charge in [-0.15, -0.1) is 0 Å². The molecule has 1 aliphatic carbocycles. The van der Waals surface area contributed by atoms with Crippen molar-refractivity contribution >= 4 is 5.95 Å². The molecular weight excluding hydrogens is 216 g/mol. The van der Waals surface area contributed by atoms with Crippen molar-refractivity contribution < 1.29 is 4.74 Å². The minimum Gasteiger partial charge on any atom is -0.481 e. The SMILES string of the molecule is CNC1CCC(Nc2nccc(OC)n2)CC1. The molecule has 5 heteroatoms. The highest BCUT2D eigenvalue weighted by atomic mass is 16.5. The van der Waals surface area contributed by atoms with Gasteiger partial charge in [0.25, 0.3) is 0 Å². The molecule has 2 N–H and O–H groups in total. The second-order valence-electron chi connectivity index (χ2n) is 4.40. The lowest BCUT2D eigenvalue weighted by Crippen LogP contribution is -2.35. The van der Waals surface area contributed by atoms with Crippen molar-refractivity contribution in [1.82, 2.24) is 15.3 Å². The molecule has 0 unspecified atom stereocenters. The Kier molecular flexibility index (Phi) is 4.14. The summed E-state index contributed by atoms with van der Waals surface area (Å²) in [5.41, 5.74) is 0. The van der Waals surface area contributed by atoms with Gasteiger partial charge in [0.15, 0.2) is 0 Å². The van der Waals surface area contributed by atoms with Crippen molar-refractivity contribution in [2.45, 2.75) is 37.8 Å². The lowest BCUT2D eigenvalue weighted by atomic mass is 9.91. The van der Waals surface area contributed by atoms with Gasteiger partial charge in [0.2, 0.25) is 11.8 Å². The van der Waals surface area contributed by atoms with Crippen molar-refractivity contribution in [3.8, 4) is 5.88 Å². The summed E-state index contributed by atoms with van der Waals surface area (Å²) >= 11 is 0. The second-order valence-corrected chi connectivity index (χ2v) is 4.40. The van der Waals surface area contributed by atoms with Gasteiger partial charge in [-0.1, -0.05) is 0 Å². The van der Waals surface area contributed by atoms with Gasteiger partial charge in [-0.2, -0.15) is 4.98 Å². The van der Waals surface area contributed by atoms with Crippen LogP contribution in [0.3, 0.4) is 0 Å². The zero-order chi connectivity index (χ0) is 12.1. The normalized spacial score (nSPS) is 24.4. The van der Waals surface area contributed by atoms with Crippen LogP contribution in [0.4, 0.5) is 5.95 Å². The summed E-state index contributed by atoms with van der Waals surface area (Å²) in [4.78, 5) is 8.47. The summed E-state index contributed by atoms with van der Waals surface area (Å²) in [6, 6.07) is 2.90. The van der Waals surface area contributed by atoms with Gasteiger partial charge in [-0.05, 0) is 32.7 Å². The van der Waals surface area contributed by atoms with E-state index in [1.54, 1.807) is 19.4 Å². The third kappa shape index (κ3) is 3.30. The summed E-state index contributed by atoms with van der Waals surface area (Å²) in [5, 5.41) is 6.70. The van der Waals surface area contributed by atoms with Crippen LogP contribution in [-0.4, -0.2) is 36.2 Å². The largest absolute Gasteiger partial charge is 0.481 e. The number of methoxy groups -OCH3 is 1. The first-order chi connectivity index (χ1) is 8.31. The van der Waals surface area contributed by atoms with Crippen molar-refractivity contribution in [3.63, 3.8) is 0 Å². The Morgan fingerprint density at radius 1 is 1.24 bits per heavy atom. The molecule has 0 spiro atoms. The van der Waals surface area contributed by atoms with Crippen LogP contribution in [0, 0.1) is 0 Å². The summed E-state index contributed by atoms with van der Waals surface area (Å²) in [6.07, 6.45) is 6.45. The molecule has 1 aromatic heterocycles. The van der Waals surface area contributed by atoms with Gasteiger partial charge in [0.05, 0.1) is 7.11 Å². The molecule has 1 aliphatic rings. The van der Waals surface area contributed by atoms with Crippen LogP contribution < -0.4 is 15.4 Å². The van der Waals surface area contributed by atoms with Crippen molar-refractivity contribution in [2.75, 3.05) is 19.5 Å². The average molecular weight is 236 g/mol. The summed E-state index contributed by atoms with van der Waals surface area (Å²) in [5.74, 6) is 1.27. The van der Waals surface area contributed by atoms with Crippen LogP contribution in [0.15, 0.2) is 12.3 Å². The highest BCUT2D eigenvalue weighted by Crippen LogP contribution is 2.21. The van der Waals surface area contributed by atoms with Crippen LogP contribution >= 0.6 is 0 Å². The molecule has 94 valence electrons. The first kappa shape index (κ1) is 12.1. The molecule has 0 radical (unpaired) electrons. The smallest absolute Gasteiger partial charge is 0.226 e. The first-order valence-corrected chi connectivity index (χ1v) is 6.12. The van der Waals surface area contributed by atoms with Crippen LogP contribution in [0.1, 0.15) is 25.7 Å². The van der Waals surface area contributed by atoms with E-state index in [2.05, 4.69) is 20.6 Å². The Morgan fingerprint density at radius 2 is 1.94 bits per heavy atom. The quantitative estimate of drug-likeness (QED) is 0.828. The summed E-state index contributed by atoms with van der Waals surface area (Å²) in [7, 11) is 3.65. The molecule has 0 amide bonds. The molecule has 1 aromatic rings. The van der Waals surface area contributed by atoms with Gasteiger partial charge < -0.3 is 15.4 Å². The number of nitrogens with one attached hydrogen (secondary N) is 2. The average Bonchev–Trinajstić information content (AvgIpc) is 2.40. The maximum Gasteiger partial charge on any atom is 0.226 e. The number of aromatic nitrogens is 2. The molecule has 0 atom stereocenters. The van der Waals surface area contributed by atoms with Crippen molar-refractivity contribution in [3.05, 3.63) is 12.3 Å². The van der Waals surface area contributed by atoms with E-state index in [9.17, 15) is 0 Å². The maximum absolute atomic E-state index is 5.08. The van der Waals surface area contributed by atoms with Crippen LogP contribution in [-0.2, 0) is 0 Å². The molecule has 1 fully saturated rings. The Hall–Kier alpha value is -1.36. The van der Waals surface area contributed by atoms with E-state index >= 15 is 0 Å². The molecule has 1 heterocycles. The topological polar surface area (TPSA) is 59.1 Å². The molecule has 0 aromatic carbocycles. The standard InChI is InChI=1S/C12H20N4O/c1-13-9-3-5-10(6-4-9)15-12-14-8-7-11(16-12)17-2/h7-10,13H,3-6H2,1-2H3,(H,14,15,16). The van der Waals surface area contributed by atoms with E-state index in [-0.39, 0.29) is 0 Å². The van der Waals surface area contributed by atoms with Crippen molar-refractivity contribution in [2.24, 2.45) is 0 Å². The third-order valence-corrected chi connectivity index (χ3v) is 3.31. The monoisotopic (exact) mass is 236 g/mol. The number of nitrogens with zero attached hydrogens (tertiary/aromatic N) is 2. The van der Waals surface area contributed by atoms with Gasteiger partial charge in [-0.25, -0.2) is 4.98 Å². The first-order valence-electron chi connectivity index (χ1n) is 6.12. The Bertz CT molecular complexity index is 350. The van der Waals surface area contributed by atoms with Crippen molar-refractivity contribution in [1.29, 1.82) is 0 Å². The zero-order valence-corrected chi connectivity index (χ0v) is 10.4. The minimum atomic E-state index is 0.478. The van der Waals surface area contributed by atoms with E-state index in [1.165, 1.54) is 12.8 Å². The van der Waals surface area contributed by atoms with Crippen LogP contribution in [0.25, 0.3) is 0 Å². The lowest BCUT2D eigenvalue weighted by Gasteiger charge is -2.28. The van der Waals surface area contributed by atoms with Gasteiger partial charge in [0, 0.05) is 24.3 Å². The fourth-order valence-electron chi connectivity index (χ4n) is 2.23. The third-order valence-electron chi connectivity index (χ3n) is 3.31. The van der Waals surface area contributed by atoms with Gasteiger partial charge in [-0.3, -0.25) is 0 Å². The number of rotatable bonds is 4. The highest BCUT2D eigenvalue weighted by Gasteiger charge is 2.20. The maximum atomic E-state index is 5.08. The molecular formula is C12H20N4O. The summed E-state index contributed by atoms with van der Waals surface area (Å²) in [6.45, 7) is 0. The molecule has 0 saturated heterocycles. The van der Waals surface area contributed by atoms with E-state index in [4.69, 9.17) is 4.74 Å². The number of hydrogen-bond donors (Lipinski definition) is 2. The zero-order valence-electron chi connectivity index (χ0n) is 10.4. The highest BCUT2D eigenvalue weighted by molar-refractivity contribution is 5.28. The predicted octanol–water partition coefficient (Wildman–Crippen LogP) is 1.43. The fraction of sp³-hybridized carbons (Fsp3) is 0.667. The van der Waals surface area contributed by atoms with E-state index < -0.39 is 0 Å². The second kappa shape index (κ2) is 5.82. The minimum absolute atomic E-state index is 0.478. The Morgan fingerprint density at radius 3 is 2.59 bits per heavy atom. The summed E-state index contributed by atoms with van der Waals surface area (Å²) < 4.78 is 5.08. The number of hydrogen-bond acceptors (Lipinski definition) is 5. The molecule has 0 aliphatic heterocycles. The van der Waals surface area contributed by atoms with E-state index in [0.717, 1.165) is 12.8 Å². The lowest BCUT2D eigenvalue weighted by molar-refractivity contribution is 0.369. The van der Waals surface area contributed by atoms with E-state index in [1.807, 2.05) is 7.05 Å². The van der Waals surface area contributed by atoms with Gasteiger partial charge >= 0.3 is 0 Å². The predicted molar refractivity (Wildman–Crippen MR) is 67.3 cm³/mol. The van der Waals surface area contributed by atoms with E-state index in [0.29, 0.717) is 23.9 Å². The molecule has 5 nitrogen and oxygen atoms in total. The molecule has 1 saturated carbocycles. The molecule has 2 rings (SSSR count).